The Labute approximate surface area is 252 Å². The number of amides is 1. The van der Waals surface area contributed by atoms with Gasteiger partial charge >= 0.3 is 6.01 Å². The zero-order valence-corrected chi connectivity index (χ0v) is 24.8. The van der Waals surface area contributed by atoms with Crippen LogP contribution < -0.4 is 14.5 Å². The molecule has 0 N–H and O–H groups in total. The standard InChI is InChI=1S/C32H36ClN7O2/c1-4-30(41)40-16-15-39(19-25(40)18-34-2)31-26-12-14-38(29-9-5-7-22-10-11-23(33)17-27(22)29)20-28(26)35-32(36-31)42-21-24-8-6-13-37(24)3/h4-5,7,9-11,17,24-25H,1,6,8,12-16,18-21H2,3H3/t24-,25?/m0/s1. The molecule has 3 aliphatic rings. The number of carbonyl (C=O) groups is 1. The number of hydrogen-bond donors (Lipinski definition) is 0. The van der Waals surface area contributed by atoms with Crippen molar-refractivity contribution in [3.8, 4) is 6.01 Å². The lowest BCUT2D eigenvalue weighted by Crippen LogP contribution is -2.56. The Morgan fingerprint density at radius 3 is 2.83 bits per heavy atom. The van der Waals surface area contributed by atoms with E-state index in [9.17, 15) is 4.79 Å². The average molecular weight is 586 g/mol. The lowest BCUT2D eigenvalue weighted by Gasteiger charge is -2.41. The van der Waals surface area contributed by atoms with Gasteiger partial charge in [-0.1, -0.05) is 36.4 Å². The molecule has 3 aliphatic heterocycles. The SMILES string of the molecule is [C-]#[N+]CC1CN(c2nc(OC[C@@H]3CCCN3C)nc3c2CCN(c2cccc4ccc(Cl)cc24)C3)CCN1C(=O)C=C. The number of halogens is 1. The van der Waals surface area contributed by atoms with Gasteiger partial charge < -0.3 is 29.2 Å². The molecule has 1 unspecified atom stereocenters. The molecule has 1 aromatic heterocycles. The van der Waals surface area contributed by atoms with Crippen LogP contribution in [0.5, 0.6) is 6.01 Å². The summed E-state index contributed by atoms with van der Waals surface area (Å²) in [6.45, 7) is 16.1. The molecule has 9 nitrogen and oxygen atoms in total. The van der Waals surface area contributed by atoms with Crippen LogP contribution >= 0.6 is 11.6 Å². The molecule has 42 heavy (non-hydrogen) atoms. The molecule has 2 fully saturated rings. The van der Waals surface area contributed by atoms with Crippen LogP contribution in [-0.4, -0.2) is 90.7 Å². The fourth-order valence-electron chi connectivity index (χ4n) is 6.50. The van der Waals surface area contributed by atoms with Gasteiger partial charge in [0.2, 0.25) is 12.5 Å². The molecule has 2 atom stereocenters. The van der Waals surface area contributed by atoms with Crippen LogP contribution in [0, 0.1) is 6.57 Å². The third-order valence-electron chi connectivity index (χ3n) is 8.80. The number of anilines is 2. The average Bonchev–Trinajstić information content (AvgIpc) is 3.43. The highest BCUT2D eigenvalue weighted by Gasteiger charge is 2.35. The van der Waals surface area contributed by atoms with Gasteiger partial charge in [0, 0.05) is 53.9 Å². The summed E-state index contributed by atoms with van der Waals surface area (Å²) in [6, 6.07) is 12.8. The molecule has 0 aliphatic carbocycles. The molecule has 2 saturated heterocycles. The predicted molar refractivity (Wildman–Crippen MR) is 166 cm³/mol. The number of aromatic nitrogens is 2. The van der Waals surface area contributed by atoms with Gasteiger partial charge in [-0.25, -0.2) is 6.57 Å². The number of hydrogen-bond acceptors (Lipinski definition) is 7. The zero-order valence-electron chi connectivity index (χ0n) is 24.0. The van der Waals surface area contributed by atoms with Crippen molar-refractivity contribution < 1.29 is 9.53 Å². The molecule has 2 aromatic carbocycles. The van der Waals surface area contributed by atoms with Crippen molar-refractivity contribution in [2.24, 2.45) is 0 Å². The maximum Gasteiger partial charge on any atom is 0.318 e. The number of likely N-dealkylation sites (N-methyl/N-ethyl adjacent to an activating group) is 1. The second-order valence-corrected chi connectivity index (χ2v) is 11.8. The summed E-state index contributed by atoms with van der Waals surface area (Å²) in [5.74, 6) is 0.722. The van der Waals surface area contributed by atoms with E-state index in [-0.39, 0.29) is 18.5 Å². The molecule has 0 bridgehead atoms. The number of ether oxygens (including phenoxy) is 1. The van der Waals surface area contributed by atoms with Crippen molar-refractivity contribution >= 4 is 39.8 Å². The molecular formula is C32H36ClN7O2. The first kappa shape index (κ1) is 28.3. The summed E-state index contributed by atoms with van der Waals surface area (Å²) < 4.78 is 6.28. The highest BCUT2D eigenvalue weighted by atomic mass is 35.5. The number of carbonyl (C=O) groups excluding carboxylic acids is 1. The summed E-state index contributed by atoms with van der Waals surface area (Å²) in [6.07, 6.45) is 4.37. The first-order valence-electron chi connectivity index (χ1n) is 14.6. The summed E-state index contributed by atoms with van der Waals surface area (Å²) in [5.41, 5.74) is 3.19. The Kier molecular flexibility index (Phi) is 8.18. The molecule has 6 rings (SSSR count). The molecule has 0 radical (unpaired) electrons. The van der Waals surface area contributed by atoms with Crippen molar-refractivity contribution in [2.75, 3.05) is 62.7 Å². The van der Waals surface area contributed by atoms with E-state index in [2.05, 4.69) is 57.4 Å². The lowest BCUT2D eigenvalue weighted by molar-refractivity contribution is -0.128. The third-order valence-corrected chi connectivity index (χ3v) is 9.04. The molecule has 1 amide bonds. The van der Waals surface area contributed by atoms with Gasteiger partial charge in [0.25, 0.3) is 0 Å². The van der Waals surface area contributed by atoms with E-state index in [1.807, 2.05) is 12.1 Å². The maximum absolute atomic E-state index is 12.5. The van der Waals surface area contributed by atoms with Crippen LogP contribution in [0.1, 0.15) is 24.1 Å². The molecule has 0 saturated carbocycles. The van der Waals surface area contributed by atoms with Crippen LogP contribution in [0.2, 0.25) is 5.02 Å². The second-order valence-electron chi connectivity index (χ2n) is 11.3. The van der Waals surface area contributed by atoms with E-state index < -0.39 is 0 Å². The number of rotatable bonds is 7. The first-order valence-corrected chi connectivity index (χ1v) is 15.0. The Hall–Kier alpha value is -3.87. The normalized spacial score (nSPS) is 20.8. The summed E-state index contributed by atoms with van der Waals surface area (Å²) in [7, 11) is 2.13. The maximum atomic E-state index is 12.5. The van der Waals surface area contributed by atoms with Gasteiger partial charge in [-0.15, -0.1) is 0 Å². The van der Waals surface area contributed by atoms with Crippen molar-refractivity contribution in [1.82, 2.24) is 19.8 Å². The fraction of sp³-hybridized carbons (Fsp3) is 0.438. The minimum absolute atomic E-state index is 0.136. The molecular weight excluding hydrogens is 550 g/mol. The van der Waals surface area contributed by atoms with Gasteiger partial charge in [-0.05, 0) is 62.5 Å². The fourth-order valence-corrected chi connectivity index (χ4v) is 6.67. The van der Waals surface area contributed by atoms with E-state index in [1.165, 1.54) is 12.5 Å². The van der Waals surface area contributed by atoms with Crippen LogP contribution in [0.25, 0.3) is 15.6 Å². The van der Waals surface area contributed by atoms with E-state index in [4.69, 9.17) is 32.9 Å². The van der Waals surface area contributed by atoms with Crippen LogP contribution in [0.4, 0.5) is 11.5 Å². The summed E-state index contributed by atoms with van der Waals surface area (Å²) in [4.78, 5) is 34.8. The van der Waals surface area contributed by atoms with Crippen LogP contribution in [-0.2, 0) is 17.8 Å². The highest BCUT2D eigenvalue weighted by Crippen LogP contribution is 2.35. The molecule has 3 aromatic rings. The molecule has 4 heterocycles. The number of piperazine rings is 1. The van der Waals surface area contributed by atoms with E-state index in [0.29, 0.717) is 49.9 Å². The smallest absolute Gasteiger partial charge is 0.318 e. The molecule has 10 heteroatoms. The monoisotopic (exact) mass is 585 g/mol. The van der Waals surface area contributed by atoms with E-state index in [1.54, 1.807) is 4.90 Å². The van der Waals surface area contributed by atoms with E-state index >= 15 is 0 Å². The summed E-state index contributed by atoms with van der Waals surface area (Å²) >= 11 is 6.40. The highest BCUT2D eigenvalue weighted by molar-refractivity contribution is 6.31. The van der Waals surface area contributed by atoms with E-state index in [0.717, 1.165) is 59.5 Å². The number of nitrogens with zero attached hydrogens (tertiary/aromatic N) is 7. The van der Waals surface area contributed by atoms with Crippen molar-refractivity contribution in [2.45, 2.75) is 37.9 Å². The topological polar surface area (TPSA) is 69.4 Å². The second kappa shape index (κ2) is 12.2. The van der Waals surface area contributed by atoms with Gasteiger partial charge in [-0.2, -0.15) is 9.97 Å². The minimum atomic E-state index is -0.232. The molecule has 218 valence electrons. The predicted octanol–water partition coefficient (Wildman–Crippen LogP) is 4.44. The van der Waals surface area contributed by atoms with Crippen LogP contribution in [0.15, 0.2) is 49.1 Å². The van der Waals surface area contributed by atoms with Crippen molar-refractivity contribution in [3.63, 3.8) is 0 Å². The zero-order chi connectivity index (χ0) is 29.2. The Bertz CT molecular complexity index is 1540. The van der Waals surface area contributed by atoms with Gasteiger partial charge in [0.15, 0.2) is 0 Å². The minimum Gasteiger partial charge on any atom is -0.462 e. The van der Waals surface area contributed by atoms with Crippen LogP contribution in [0.3, 0.4) is 0 Å². The molecule has 0 spiro atoms. The Morgan fingerprint density at radius 2 is 2.05 bits per heavy atom. The van der Waals surface area contributed by atoms with Crippen molar-refractivity contribution in [3.05, 3.63) is 76.8 Å². The lowest BCUT2D eigenvalue weighted by atomic mass is 10.0. The van der Waals surface area contributed by atoms with Crippen molar-refractivity contribution in [1.29, 1.82) is 0 Å². The van der Waals surface area contributed by atoms with Gasteiger partial charge in [0.1, 0.15) is 18.5 Å². The third kappa shape index (κ3) is 5.61. The number of fused-ring (bicyclic) bond motifs is 2. The Balaban J connectivity index is 1.33. The Morgan fingerprint density at radius 1 is 1.17 bits per heavy atom. The first-order chi connectivity index (χ1) is 20.4. The van der Waals surface area contributed by atoms with Gasteiger partial charge in [0.05, 0.1) is 12.2 Å². The summed E-state index contributed by atoms with van der Waals surface area (Å²) in [5, 5.41) is 2.98. The number of benzene rings is 2. The largest absolute Gasteiger partial charge is 0.462 e. The van der Waals surface area contributed by atoms with Gasteiger partial charge in [-0.3, -0.25) is 4.79 Å². The quantitative estimate of drug-likeness (QED) is 0.300. The number of likely N-dealkylation sites (tertiary alicyclic amines) is 1.